The van der Waals surface area contributed by atoms with Crippen molar-refractivity contribution in [2.45, 2.75) is 0 Å². The summed E-state index contributed by atoms with van der Waals surface area (Å²) in [5.41, 5.74) is 2.99. The average Bonchev–Trinajstić information content (AvgIpc) is 2.89. The fourth-order valence-corrected chi connectivity index (χ4v) is 3.07. The van der Waals surface area contributed by atoms with Crippen molar-refractivity contribution in [3.8, 4) is 0 Å². The molecule has 0 saturated heterocycles. The van der Waals surface area contributed by atoms with Crippen LogP contribution in [0.25, 0.3) is 21.1 Å². The van der Waals surface area contributed by atoms with Crippen LogP contribution in [0.5, 0.6) is 0 Å². The van der Waals surface area contributed by atoms with Crippen molar-refractivity contribution in [3.63, 3.8) is 0 Å². The maximum absolute atomic E-state index is 4.57. The number of anilines is 2. The lowest BCUT2D eigenvalue weighted by atomic mass is 10.2. The monoisotopic (exact) mass is 277 g/mol. The van der Waals surface area contributed by atoms with Crippen molar-refractivity contribution in [1.29, 1.82) is 0 Å². The molecule has 4 rings (SSSR count). The van der Waals surface area contributed by atoms with E-state index < -0.39 is 0 Å². The summed E-state index contributed by atoms with van der Waals surface area (Å²) < 4.78 is 1.18. The Labute approximate surface area is 119 Å². The molecule has 0 atom stereocenters. The summed E-state index contributed by atoms with van der Waals surface area (Å²) in [7, 11) is 0. The first-order valence-corrected chi connectivity index (χ1v) is 7.17. The van der Waals surface area contributed by atoms with E-state index in [0.717, 1.165) is 27.2 Å². The van der Waals surface area contributed by atoms with Crippen molar-refractivity contribution in [1.82, 2.24) is 9.97 Å². The number of nitrogens with zero attached hydrogens (tertiary/aromatic N) is 2. The van der Waals surface area contributed by atoms with E-state index in [2.05, 4.69) is 33.5 Å². The molecule has 0 bridgehead atoms. The number of pyridine rings is 1. The van der Waals surface area contributed by atoms with Crippen molar-refractivity contribution in [2.75, 3.05) is 5.32 Å². The third-order valence-electron chi connectivity index (χ3n) is 3.14. The van der Waals surface area contributed by atoms with Crippen LogP contribution < -0.4 is 5.32 Å². The zero-order valence-corrected chi connectivity index (χ0v) is 11.4. The SMILES string of the molecule is c1ccc2ncc(Nc3nc4ccccc4s3)cc2c1. The molecule has 0 radical (unpaired) electrons. The maximum atomic E-state index is 4.57. The van der Waals surface area contributed by atoms with E-state index in [1.54, 1.807) is 11.3 Å². The highest BCUT2D eigenvalue weighted by Crippen LogP contribution is 2.28. The normalized spacial score (nSPS) is 11.0. The van der Waals surface area contributed by atoms with Crippen molar-refractivity contribution < 1.29 is 0 Å². The Hall–Kier alpha value is -2.46. The van der Waals surface area contributed by atoms with Gasteiger partial charge in [-0.3, -0.25) is 4.98 Å². The molecule has 1 N–H and O–H groups in total. The number of para-hydroxylation sites is 2. The Morgan fingerprint density at radius 2 is 1.70 bits per heavy atom. The number of rotatable bonds is 2. The van der Waals surface area contributed by atoms with Crippen LogP contribution in [0, 0.1) is 0 Å². The molecule has 3 nitrogen and oxygen atoms in total. The number of nitrogens with one attached hydrogen (secondary N) is 1. The molecular weight excluding hydrogens is 266 g/mol. The highest BCUT2D eigenvalue weighted by molar-refractivity contribution is 7.22. The van der Waals surface area contributed by atoms with Crippen LogP contribution in [0.15, 0.2) is 60.8 Å². The van der Waals surface area contributed by atoms with Gasteiger partial charge >= 0.3 is 0 Å². The summed E-state index contributed by atoms with van der Waals surface area (Å²) in [6, 6.07) is 18.3. The molecule has 0 aliphatic heterocycles. The summed E-state index contributed by atoms with van der Waals surface area (Å²) in [5, 5.41) is 5.35. The van der Waals surface area contributed by atoms with Gasteiger partial charge in [0.15, 0.2) is 5.13 Å². The predicted octanol–water partition coefficient (Wildman–Crippen LogP) is 4.59. The zero-order valence-electron chi connectivity index (χ0n) is 10.6. The summed E-state index contributed by atoms with van der Waals surface area (Å²) in [6.45, 7) is 0. The lowest BCUT2D eigenvalue weighted by Crippen LogP contribution is -1.90. The van der Waals surface area contributed by atoms with Gasteiger partial charge in [0.05, 0.1) is 27.6 Å². The molecule has 0 fully saturated rings. The van der Waals surface area contributed by atoms with Gasteiger partial charge in [0.1, 0.15) is 0 Å². The van der Waals surface area contributed by atoms with Gasteiger partial charge in [0.2, 0.25) is 0 Å². The third-order valence-corrected chi connectivity index (χ3v) is 4.09. The van der Waals surface area contributed by atoms with Crippen LogP contribution in [-0.2, 0) is 0 Å². The summed E-state index contributed by atoms with van der Waals surface area (Å²) in [5.74, 6) is 0. The van der Waals surface area contributed by atoms with Crippen LogP contribution >= 0.6 is 11.3 Å². The minimum atomic E-state index is 0.892. The van der Waals surface area contributed by atoms with Crippen LogP contribution in [-0.4, -0.2) is 9.97 Å². The highest BCUT2D eigenvalue weighted by Gasteiger charge is 2.04. The van der Waals surface area contributed by atoms with E-state index in [9.17, 15) is 0 Å². The molecular formula is C16H11N3S. The third kappa shape index (κ3) is 2.00. The van der Waals surface area contributed by atoms with Gasteiger partial charge in [0.25, 0.3) is 0 Å². The molecule has 0 unspecified atom stereocenters. The second kappa shape index (κ2) is 4.58. The van der Waals surface area contributed by atoms with Crippen molar-refractivity contribution in [3.05, 3.63) is 60.8 Å². The first-order chi connectivity index (χ1) is 9.88. The molecule has 0 saturated carbocycles. The second-order valence-electron chi connectivity index (χ2n) is 4.53. The van der Waals surface area contributed by atoms with E-state index in [-0.39, 0.29) is 0 Å². The molecule has 0 aliphatic carbocycles. The fourth-order valence-electron chi connectivity index (χ4n) is 2.19. The molecule has 0 aliphatic rings. The number of benzene rings is 2. The van der Waals surface area contributed by atoms with Gasteiger partial charge in [-0.25, -0.2) is 4.98 Å². The van der Waals surface area contributed by atoms with Crippen LogP contribution in [0.1, 0.15) is 0 Å². The Morgan fingerprint density at radius 1 is 0.900 bits per heavy atom. The smallest absolute Gasteiger partial charge is 0.188 e. The average molecular weight is 277 g/mol. The summed E-state index contributed by atoms with van der Waals surface area (Å²) in [4.78, 5) is 9.01. The van der Waals surface area contributed by atoms with Crippen molar-refractivity contribution >= 4 is 43.3 Å². The quantitative estimate of drug-likeness (QED) is 0.582. The molecule has 0 spiro atoms. The van der Waals surface area contributed by atoms with E-state index in [1.165, 1.54) is 4.70 Å². The molecule has 20 heavy (non-hydrogen) atoms. The summed E-state index contributed by atoms with van der Waals surface area (Å²) in [6.07, 6.45) is 1.84. The molecule has 4 aromatic rings. The van der Waals surface area contributed by atoms with Crippen LogP contribution in [0.3, 0.4) is 0 Å². The van der Waals surface area contributed by atoms with Gasteiger partial charge in [-0.1, -0.05) is 41.7 Å². The molecule has 96 valence electrons. The Balaban J connectivity index is 1.72. The highest BCUT2D eigenvalue weighted by atomic mass is 32.1. The van der Waals surface area contributed by atoms with E-state index in [4.69, 9.17) is 0 Å². The molecule has 0 amide bonds. The van der Waals surface area contributed by atoms with Gasteiger partial charge in [0, 0.05) is 5.39 Å². The van der Waals surface area contributed by atoms with Gasteiger partial charge in [-0.05, 0) is 24.3 Å². The first kappa shape index (κ1) is 11.4. The minimum Gasteiger partial charge on any atom is -0.330 e. The van der Waals surface area contributed by atoms with Gasteiger partial charge in [-0.2, -0.15) is 0 Å². The first-order valence-electron chi connectivity index (χ1n) is 6.36. The van der Waals surface area contributed by atoms with Crippen LogP contribution in [0.2, 0.25) is 0 Å². The number of hydrogen-bond donors (Lipinski definition) is 1. The largest absolute Gasteiger partial charge is 0.330 e. The molecule has 2 aromatic heterocycles. The zero-order chi connectivity index (χ0) is 13.4. The lowest BCUT2D eigenvalue weighted by molar-refractivity contribution is 1.38. The summed E-state index contributed by atoms with van der Waals surface area (Å²) >= 11 is 1.65. The fraction of sp³-hybridized carbons (Fsp3) is 0. The molecule has 4 heteroatoms. The van der Waals surface area contributed by atoms with Gasteiger partial charge in [-0.15, -0.1) is 0 Å². The topological polar surface area (TPSA) is 37.8 Å². The Kier molecular flexibility index (Phi) is 2.60. The Morgan fingerprint density at radius 3 is 2.60 bits per heavy atom. The van der Waals surface area contributed by atoms with E-state index in [0.29, 0.717) is 0 Å². The molecule has 2 heterocycles. The standard InChI is InChI=1S/C16H11N3S/c1-2-6-13-11(5-1)9-12(10-17-13)18-16-19-14-7-3-4-8-15(14)20-16/h1-10H,(H,18,19). The van der Waals surface area contributed by atoms with Crippen molar-refractivity contribution in [2.24, 2.45) is 0 Å². The Bertz CT molecular complexity index is 865. The van der Waals surface area contributed by atoms with Gasteiger partial charge < -0.3 is 5.32 Å². The maximum Gasteiger partial charge on any atom is 0.188 e. The van der Waals surface area contributed by atoms with Crippen LogP contribution in [0.4, 0.5) is 10.8 Å². The minimum absolute atomic E-state index is 0.892. The molecule has 2 aromatic carbocycles. The number of aromatic nitrogens is 2. The predicted molar refractivity (Wildman–Crippen MR) is 84.6 cm³/mol. The van der Waals surface area contributed by atoms with E-state index >= 15 is 0 Å². The van der Waals surface area contributed by atoms with E-state index in [1.807, 2.05) is 42.6 Å². The number of thiazole rings is 1. The number of fused-ring (bicyclic) bond motifs is 2. The second-order valence-corrected chi connectivity index (χ2v) is 5.56. The number of hydrogen-bond acceptors (Lipinski definition) is 4. The lowest BCUT2D eigenvalue weighted by Gasteiger charge is -2.03.